The fourth-order valence-corrected chi connectivity index (χ4v) is 2.17. The maximum atomic E-state index is 6.05. The molecule has 0 saturated heterocycles. The monoisotopic (exact) mass is 327 g/mol. The van der Waals surface area contributed by atoms with E-state index in [1.54, 1.807) is 24.5 Å². The molecule has 114 valence electrons. The second-order valence-corrected chi connectivity index (χ2v) is 6.73. The van der Waals surface area contributed by atoms with Gasteiger partial charge in [-0.1, -0.05) is 23.2 Å². The Hall–Kier alpha value is -1.16. The van der Waals surface area contributed by atoms with E-state index in [1.165, 1.54) is 0 Å². The highest BCUT2D eigenvalue weighted by Crippen LogP contribution is 2.28. The van der Waals surface area contributed by atoms with Gasteiger partial charge in [-0.2, -0.15) is 0 Å². The van der Waals surface area contributed by atoms with Crippen molar-refractivity contribution in [2.75, 3.05) is 0 Å². The summed E-state index contributed by atoms with van der Waals surface area (Å²) in [6.07, 6.45) is 1.74. The molecule has 0 aliphatic rings. The SMILES string of the molecule is CC(C)(C)NCc1coc(COc2ccc(Cl)cc2Cl)c1. The van der Waals surface area contributed by atoms with Crippen LogP contribution in [0.2, 0.25) is 10.0 Å². The van der Waals surface area contributed by atoms with E-state index in [4.69, 9.17) is 32.4 Å². The first-order valence-electron chi connectivity index (χ1n) is 6.73. The fourth-order valence-electron chi connectivity index (χ4n) is 1.70. The van der Waals surface area contributed by atoms with Crippen molar-refractivity contribution in [3.8, 4) is 5.75 Å². The average molecular weight is 328 g/mol. The Bertz CT molecular complexity index is 603. The molecule has 0 aliphatic heterocycles. The Labute approximate surface area is 135 Å². The normalized spacial score (nSPS) is 11.7. The molecule has 0 bridgehead atoms. The van der Waals surface area contributed by atoms with Crippen LogP contribution in [-0.2, 0) is 13.2 Å². The molecular weight excluding hydrogens is 309 g/mol. The number of ether oxygens (including phenoxy) is 1. The zero-order valence-corrected chi connectivity index (χ0v) is 13.9. The van der Waals surface area contributed by atoms with Crippen molar-refractivity contribution in [1.29, 1.82) is 0 Å². The molecule has 1 aromatic heterocycles. The summed E-state index contributed by atoms with van der Waals surface area (Å²) in [5, 5.41) is 4.48. The van der Waals surface area contributed by atoms with Crippen molar-refractivity contribution in [3.63, 3.8) is 0 Å². The molecule has 0 spiro atoms. The predicted octanol–water partition coefficient (Wildman–Crippen LogP) is 5.05. The first-order chi connectivity index (χ1) is 9.83. The van der Waals surface area contributed by atoms with Gasteiger partial charge in [-0.25, -0.2) is 0 Å². The summed E-state index contributed by atoms with van der Waals surface area (Å²) in [5.74, 6) is 1.35. The van der Waals surface area contributed by atoms with Gasteiger partial charge in [0.05, 0.1) is 11.3 Å². The fraction of sp³-hybridized carbons (Fsp3) is 0.375. The van der Waals surface area contributed by atoms with Crippen LogP contribution in [0.15, 0.2) is 34.9 Å². The zero-order valence-electron chi connectivity index (χ0n) is 12.4. The van der Waals surface area contributed by atoms with Crippen molar-refractivity contribution >= 4 is 23.2 Å². The lowest BCUT2D eigenvalue weighted by Gasteiger charge is -2.19. The van der Waals surface area contributed by atoms with Gasteiger partial charge < -0.3 is 14.5 Å². The van der Waals surface area contributed by atoms with Gasteiger partial charge in [0, 0.05) is 22.7 Å². The maximum Gasteiger partial charge on any atom is 0.146 e. The van der Waals surface area contributed by atoms with Gasteiger partial charge in [-0.05, 0) is 45.0 Å². The summed E-state index contributed by atoms with van der Waals surface area (Å²) in [6.45, 7) is 7.46. The number of halogens is 2. The van der Waals surface area contributed by atoms with Gasteiger partial charge in [0.25, 0.3) is 0 Å². The van der Waals surface area contributed by atoms with Crippen LogP contribution in [0.3, 0.4) is 0 Å². The molecule has 1 aromatic carbocycles. The molecule has 0 amide bonds. The van der Waals surface area contributed by atoms with E-state index >= 15 is 0 Å². The van der Waals surface area contributed by atoms with Crippen LogP contribution in [0.4, 0.5) is 0 Å². The van der Waals surface area contributed by atoms with E-state index in [2.05, 4.69) is 26.1 Å². The standard InChI is InChI=1S/C16H19Cl2NO2/c1-16(2,3)19-8-11-6-13(20-9-11)10-21-15-5-4-12(17)7-14(15)18/h4-7,9,19H,8,10H2,1-3H3. The summed E-state index contributed by atoms with van der Waals surface area (Å²) in [6, 6.07) is 7.11. The second-order valence-electron chi connectivity index (χ2n) is 5.89. The van der Waals surface area contributed by atoms with Crippen molar-refractivity contribution in [3.05, 3.63) is 51.9 Å². The minimum atomic E-state index is 0.0742. The van der Waals surface area contributed by atoms with E-state index in [1.807, 2.05) is 6.07 Å². The minimum absolute atomic E-state index is 0.0742. The van der Waals surface area contributed by atoms with E-state index in [0.29, 0.717) is 22.4 Å². The molecule has 5 heteroatoms. The molecule has 0 saturated carbocycles. The number of hydrogen-bond donors (Lipinski definition) is 1. The van der Waals surface area contributed by atoms with Gasteiger partial charge in [-0.3, -0.25) is 0 Å². The van der Waals surface area contributed by atoms with E-state index in [0.717, 1.165) is 17.9 Å². The second kappa shape index (κ2) is 6.73. The molecule has 21 heavy (non-hydrogen) atoms. The quantitative estimate of drug-likeness (QED) is 0.834. The first-order valence-corrected chi connectivity index (χ1v) is 7.48. The number of furan rings is 1. The third-order valence-corrected chi connectivity index (χ3v) is 3.33. The van der Waals surface area contributed by atoms with Crippen LogP contribution in [0.25, 0.3) is 0 Å². The molecule has 2 aromatic rings. The maximum absolute atomic E-state index is 6.05. The number of hydrogen-bond acceptors (Lipinski definition) is 3. The van der Waals surface area contributed by atoms with Crippen LogP contribution in [0, 0.1) is 0 Å². The van der Waals surface area contributed by atoms with Crippen LogP contribution < -0.4 is 10.1 Å². The Kier molecular flexibility index (Phi) is 5.20. The van der Waals surface area contributed by atoms with Crippen LogP contribution in [0.1, 0.15) is 32.1 Å². The topological polar surface area (TPSA) is 34.4 Å². The highest BCUT2D eigenvalue weighted by molar-refractivity contribution is 6.35. The van der Waals surface area contributed by atoms with E-state index < -0.39 is 0 Å². The lowest BCUT2D eigenvalue weighted by molar-refractivity contribution is 0.270. The average Bonchev–Trinajstić information content (AvgIpc) is 2.82. The van der Waals surface area contributed by atoms with Gasteiger partial charge in [0.2, 0.25) is 0 Å². The Balaban J connectivity index is 1.90. The third kappa shape index (κ3) is 5.27. The van der Waals surface area contributed by atoms with Crippen molar-refractivity contribution < 1.29 is 9.15 Å². The number of nitrogens with one attached hydrogen (secondary N) is 1. The summed E-state index contributed by atoms with van der Waals surface area (Å²) in [7, 11) is 0. The lowest BCUT2D eigenvalue weighted by Crippen LogP contribution is -2.34. The smallest absolute Gasteiger partial charge is 0.146 e. The first kappa shape index (κ1) is 16.2. The molecule has 0 atom stereocenters. The molecule has 2 rings (SSSR count). The molecule has 0 aliphatic carbocycles. The highest BCUT2D eigenvalue weighted by atomic mass is 35.5. The Morgan fingerprint density at radius 3 is 2.62 bits per heavy atom. The molecule has 3 nitrogen and oxygen atoms in total. The van der Waals surface area contributed by atoms with Gasteiger partial charge in [-0.15, -0.1) is 0 Å². The molecule has 0 fully saturated rings. The van der Waals surface area contributed by atoms with Crippen molar-refractivity contribution in [1.82, 2.24) is 5.32 Å². The third-order valence-electron chi connectivity index (χ3n) is 2.79. The molecule has 1 heterocycles. The largest absolute Gasteiger partial charge is 0.484 e. The van der Waals surface area contributed by atoms with E-state index in [-0.39, 0.29) is 5.54 Å². The molecular formula is C16H19Cl2NO2. The Morgan fingerprint density at radius 2 is 1.95 bits per heavy atom. The van der Waals surface area contributed by atoms with Gasteiger partial charge >= 0.3 is 0 Å². The summed E-state index contributed by atoms with van der Waals surface area (Å²) in [4.78, 5) is 0. The van der Waals surface area contributed by atoms with E-state index in [9.17, 15) is 0 Å². The lowest BCUT2D eigenvalue weighted by atomic mass is 10.1. The van der Waals surface area contributed by atoms with Gasteiger partial charge in [0.1, 0.15) is 18.1 Å². The molecule has 1 N–H and O–H groups in total. The Morgan fingerprint density at radius 1 is 1.19 bits per heavy atom. The predicted molar refractivity (Wildman–Crippen MR) is 86.1 cm³/mol. The van der Waals surface area contributed by atoms with Crippen LogP contribution in [0.5, 0.6) is 5.75 Å². The molecule has 0 radical (unpaired) electrons. The number of rotatable bonds is 5. The van der Waals surface area contributed by atoms with Crippen LogP contribution >= 0.6 is 23.2 Å². The van der Waals surface area contributed by atoms with Gasteiger partial charge in [0.15, 0.2) is 0 Å². The summed E-state index contributed by atoms with van der Waals surface area (Å²) < 4.78 is 11.1. The number of benzene rings is 1. The van der Waals surface area contributed by atoms with Crippen molar-refractivity contribution in [2.45, 2.75) is 39.5 Å². The summed E-state index contributed by atoms with van der Waals surface area (Å²) in [5.41, 5.74) is 1.16. The van der Waals surface area contributed by atoms with Crippen molar-refractivity contribution in [2.24, 2.45) is 0 Å². The highest BCUT2D eigenvalue weighted by Gasteiger charge is 2.10. The summed E-state index contributed by atoms with van der Waals surface area (Å²) >= 11 is 11.9. The minimum Gasteiger partial charge on any atom is -0.484 e. The van der Waals surface area contributed by atoms with Crippen LogP contribution in [-0.4, -0.2) is 5.54 Å². The zero-order chi connectivity index (χ0) is 15.5. The molecule has 0 unspecified atom stereocenters.